The molecular weight excluding hydrogens is 432 g/mol. The molecule has 0 spiro atoms. The van der Waals surface area contributed by atoms with Crippen LogP contribution in [0.4, 0.5) is 0 Å². The molecule has 0 aliphatic rings. The van der Waals surface area contributed by atoms with Crippen LogP contribution >= 0.6 is 31.9 Å². The van der Waals surface area contributed by atoms with E-state index in [0.717, 1.165) is 36.8 Å². The average Bonchev–Trinajstić information content (AvgIpc) is 3.22. The lowest BCUT2D eigenvalue weighted by Gasteiger charge is -1.98. The maximum Gasteiger partial charge on any atom is 0.243 e. The van der Waals surface area contributed by atoms with E-state index in [1.807, 2.05) is 0 Å². The van der Waals surface area contributed by atoms with Gasteiger partial charge in [0.25, 0.3) is 0 Å². The van der Waals surface area contributed by atoms with Gasteiger partial charge in [-0.3, -0.25) is 0 Å². The molecule has 2 aromatic heterocycles. The molecule has 0 radical (unpaired) electrons. The van der Waals surface area contributed by atoms with Crippen molar-refractivity contribution in [2.45, 2.75) is 64.7 Å². The zero-order chi connectivity index (χ0) is 17.0. The Morgan fingerprint density at radius 2 is 1.08 bits per heavy atom. The number of nitrogens with zero attached hydrogens (tertiary/aromatic N) is 4. The maximum absolute atomic E-state index is 3.49. The quantitative estimate of drug-likeness (QED) is 0.246. The number of halogens is 2. The first-order valence-corrected chi connectivity index (χ1v) is 11.3. The molecule has 0 aromatic carbocycles. The molecule has 134 valence electrons. The summed E-state index contributed by atoms with van der Waals surface area (Å²) in [6.07, 6.45) is 20.6. The van der Waals surface area contributed by atoms with Crippen molar-refractivity contribution in [2.75, 3.05) is 10.7 Å². The summed E-state index contributed by atoms with van der Waals surface area (Å²) in [6.45, 7) is 4.46. The van der Waals surface area contributed by atoms with E-state index < -0.39 is 0 Å². The minimum Gasteiger partial charge on any atom is -0.237 e. The van der Waals surface area contributed by atoms with Gasteiger partial charge in [-0.05, 0) is 38.5 Å². The highest BCUT2D eigenvalue weighted by atomic mass is 79.9. The van der Waals surface area contributed by atoms with E-state index in [9.17, 15) is 0 Å². The molecule has 0 fully saturated rings. The van der Waals surface area contributed by atoms with Gasteiger partial charge in [-0.25, -0.2) is 18.3 Å². The number of alkyl halides is 2. The van der Waals surface area contributed by atoms with Crippen LogP contribution in [0.25, 0.3) is 0 Å². The zero-order valence-corrected chi connectivity index (χ0v) is 17.7. The van der Waals surface area contributed by atoms with Crippen molar-refractivity contribution >= 4 is 31.9 Å². The van der Waals surface area contributed by atoms with Crippen molar-refractivity contribution in [3.8, 4) is 0 Å². The molecule has 0 N–H and O–H groups in total. The fraction of sp³-hybridized carbons (Fsp3) is 0.667. The molecule has 6 heteroatoms. The summed E-state index contributed by atoms with van der Waals surface area (Å²) in [5, 5.41) is 2.20. The first-order valence-electron chi connectivity index (χ1n) is 9.03. The Kier molecular flexibility index (Phi) is 9.73. The topological polar surface area (TPSA) is 17.6 Å². The first-order chi connectivity index (χ1) is 11.8. The largest absolute Gasteiger partial charge is 0.243 e. The highest BCUT2D eigenvalue weighted by Gasteiger charge is 2.06. The van der Waals surface area contributed by atoms with Crippen molar-refractivity contribution in [1.82, 2.24) is 9.13 Å². The van der Waals surface area contributed by atoms with Crippen molar-refractivity contribution in [1.29, 1.82) is 0 Å². The Labute approximate surface area is 162 Å². The Bertz CT molecular complexity index is 515. The van der Waals surface area contributed by atoms with E-state index >= 15 is 0 Å². The molecule has 0 saturated carbocycles. The third-order valence-corrected chi connectivity index (χ3v) is 5.30. The number of hydrogen-bond donors (Lipinski definition) is 0. The summed E-state index contributed by atoms with van der Waals surface area (Å²) in [5.41, 5.74) is 0. The molecule has 2 aromatic rings. The highest BCUT2D eigenvalue weighted by molar-refractivity contribution is 9.09. The van der Waals surface area contributed by atoms with Gasteiger partial charge < -0.3 is 0 Å². The normalized spacial score (nSPS) is 11.2. The summed E-state index contributed by atoms with van der Waals surface area (Å²) < 4.78 is 9.21. The number of imidazole rings is 2. The lowest BCUT2D eigenvalue weighted by molar-refractivity contribution is -0.697. The van der Waals surface area contributed by atoms with Gasteiger partial charge in [-0.1, -0.05) is 31.9 Å². The predicted molar refractivity (Wildman–Crippen MR) is 105 cm³/mol. The number of aryl methyl sites for hydroxylation is 4. The van der Waals surface area contributed by atoms with E-state index in [1.165, 1.54) is 38.5 Å². The second kappa shape index (κ2) is 11.9. The molecule has 0 aliphatic carbocycles. The third-order valence-electron chi connectivity index (χ3n) is 4.18. The minimum atomic E-state index is 1.10. The van der Waals surface area contributed by atoms with E-state index in [1.54, 1.807) is 0 Å². The summed E-state index contributed by atoms with van der Waals surface area (Å²) in [6, 6.07) is 0. The molecule has 24 heavy (non-hydrogen) atoms. The van der Waals surface area contributed by atoms with Crippen LogP contribution in [0.1, 0.15) is 38.5 Å². The van der Waals surface area contributed by atoms with E-state index in [2.05, 4.69) is 87.6 Å². The molecule has 0 aliphatic heterocycles. The number of aromatic nitrogens is 4. The van der Waals surface area contributed by atoms with E-state index in [4.69, 9.17) is 0 Å². The van der Waals surface area contributed by atoms with Gasteiger partial charge in [0.15, 0.2) is 0 Å². The van der Waals surface area contributed by atoms with Gasteiger partial charge in [0.05, 0.1) is 26.2 Å². The molecule has 0 atom stereocenters. The fourth-order valence-electron chi connectivity index (χ4n) is 2.77. The fourth-order valence-corrected chi connectivity index (χ4v) is 3.57. The van der Waals surface area contributed by atoms with Gasteiger partial charge in [-0.15, -0.1) is 0 Å². The van der Waals surface area contributed by atoms with Crippen molar-refractivity contribution in [3.63, 3.8) is 0 Å². The van der Waals surface area contributed by atoms with Gasteiger partial charge in [0, 0.05) is 10.7 Å². The standard InChI is InChI=1S/C18H30Br2N4/c19-7-1-3-9-21-13-15-23(17-21)11-5-6-12-24-16-14-22(18-24)10-4-2-8-20/h13-18H,1-12H2/q+2. The first kappa shape index (κ1) is 19.7. The van der Waals surface area contributed by atoms with Gasteiger partial charge in [0.1, 0.15) is 24.8 Å². The second-order valence-electron chi connectivity index (χ2n) is 6.28. The lowest BCUT2D eigenvalue weighted by Crippen LogP contribution is -2.31. The Balaban J connectivity index is 1.60. The predicted octanol–water partition coefficient (Wildman–Crippen LogP) is 3.70. The van der Waals surface area contributed by atoms with Crippen LogP contribution in [0.15, 0.2) is 37.4 Å². The Morgan fingerprint density at radius 3 is 1.50 bits per heavy atom. The molecule has 0 amide bonds. The SMILES string of the molecule is BrCCCC[n+]1ccn(CCCCn2cc[n+](CCCCBr)c2)c1. The van der Waals surface area contributed by atoms with Crippen LogP contribution < -0.4 is 9.13 Å². The average molecular weight is 462 g/mol. The monoisotopic (exact) mass is 460 g/mol. The zero-order valence-electron chi connectivity index (χ0n) is 14.5. The molecule has 2 rings (SSSR count). The van der Waals surface area contributed by atoms with Crippen LogP contribution in [0.3, 0.4) is 0 Å². The second-order valence-corrected chi connectivity index (χ2v) is 7.86. The number of hydrogen-bond acceptors (Lipinski definition) is 0. The van der Waals surface area contributed by atoms with Crippen LogP contribution in [0, 0.1) is 0 Å². The molecule has 0 saturated heterocycles. The lowest BCUT2D eigenvalue weighted by atomic mass is 10.3. The van der Waals surface area contributed by atoms with Gasteiger partial charge in [0.2, 0.25) is 12.7 Å². The van der Waals surface area contributed by atoms with Gasteiger partial charge >= 0.3 is 0 Å². The maximum atomic E-state index is 3.49. The minimum absolute atomic E-state index is 1.10. The number of rotatable bonds is 13. The highest BCUT2D eigenvalue weighted by Crippen LogP contribution is 2.00. The summed E-state index contributed by atoms with van der Waals surface area (Å²) in [5.74, 6) is 0. The molecule has 0 bridgehead atoms. The summed E-state index contributed by atoms with van der Waals surface area (Å²) in [4.78, 5) is 0. The molecule has 2 heterocycles. The Hall–Kier alpha value is -0.620. The van der Waals surface area contributed by atoms with Crippen LogP contribution in [0.5, 0.6) is 0 Å². The van der Waals surface area contributed by atoms with Crippen molar-refractivity contribution in [3.05, 3.63) is 37.4 Å². The van der Waals surface area contributed by atoms with Gasteiger partial charge in [-0.2, -0.15) is 0 Å². The van der Waals surface area contributed by atoms with Crippen molar-refractivity contribution < 1.29 is 9.13 Å². The van der Waals surface area contributed by atoms with Crippen LogP contribution in [0.2, 0.25) is 0 Å². The smallest absolute Gasteiger partial charge is 0.237 e. The summed E-state index contributed by atoms with van der Waals surface area (Å²) >= 11 is 6.97. The van der Waals surface area contributed by atoms with Crippen molar-refractivity contribution in [2.24, 2.45) is 0 Å². The molecule has 0 unspecified atom stereocenters. The van der Waals surface area contributed by atoms with E-state index in [0.29, 0.717) is 0 Å². The Morgan fingerprint density at radius 1 is 0.625 bits per heavy atom. The van der Waals surface area contributed by atoms with E-state index in [-0.39, 0.29) is 0 Å². The molecular formula is C18H30Br2N4+2. The van der Waals surface area contributed by atoms with Crippen LogP contribution in [-0.2, 0) is 26.2 Å². The molecule has 4 nitrogen and oxygen atoms in total. The van der Waals surface area contributed by atoms with Crippen LogP contribution in [-0.4, -0.2) is 19.8 Å². The number of unbranched alkanes of at least 4 members (excludes halogenated alkanes) is 3. The third kappa shape index (κ3) is 7.51. The summed E-state index contributed by atoms with van der Waals surface area (Å²) in [7, 11) is 0.